The van der Waals surface area contributed by atoms with E-state index in [0.717, 1.165) is 51.4 Å². The zero-order chi connectivity index (χ0) is 68.7. The van der Waals surface area contributed by atoms with E-state index >= 15 is 0 Å². The first kappa shape index (κ1) is 89.0. The first-order chi connectivity index (χ1) is 46.6. The average Bonchev–Trinajstić information content (AvgIpc) is 0.800. The number of nitrogens with one attached hydrogen (secondary N) is 1. The predicted octanol–water partition coefficient (Wildman–Crippen LogP) is 18.2. The second kappa shape index (κ2) is 65.3. The molecule has 95 heavy (non-hydrogen) atoms. The molecule has 2 fully saturated rings. The van der Waals surface area contributed by atoms with Crippen molar-refractivity contribution in [2.45, 2.75) is 441 Å². The molecule has 1 amide bonds. The lowest BCUT2D eigenvalue weighted by atomic mass is 9.97. The third kappa shape index (κ3) is 48.4. The van der Waals surface area contributed by atoms with E-state index in [-0.39, 0.29) is 18.9 Å². The molecule has 12 unspecified atom stereocenters. The van der Waals surface area contributed by atoms with Crippen LogP contribution in [0.15, 0.2) is 48.6 Å². The molecule has 0 aromatic heterocycles. The zero-order valence-electron chi connectivity index (χ0n) is 61.2. The van der Waals surface area contributed by atoms with Gasteiger partial charge in [-0.05, 0) is 57.8 Å². The molecule has 14 nitrogen and oxygen atoms in total. The minimum Gasteiger partial charge on any atom is -0.394 e. The summed E-state index contributed by atoms with van der Waals surface area (Å²) in [5.41, 5.74) is 0. The number of amides is 1. The molecule has 0 aliphatic carbocycles. The Hall–Kier alpha value is -2.05. The summed E-state index contributed by atoms with van der Waals surface area (Å²) in [6, 6.07) is -0.916. The molecule has 0 saturated carbocycles. The minimum atomic E-state index is -1.79. The number of carbonyl (C=O) groups is 1. The number of unbranched alkanes of at least 4 members (excludes halogenated alkanes) is 49. The highest BCUT2D eigenvalue weighted by atomic mass is 16.7. The van der Waals surface area contributed by atoms with Gasteiger partial charge in [0.25, 0.3) is 0 Å². The van der Waals surface area contributed by atoms with E-state index < -0.39 is 86.8 Å². The highest BCUT2D eigenvalue weighted by molar-refractivity contribution is 5.76. The molecule has 0 aromatic rings. The zero-order valence-corrected chi connectivity index (χ0v) is 61.2. The Morgan fingerprint density at radius 1 is 0.379 bits per heavy atom. The molecular weight excluding hydrogens is 1190 g/mol. The summed E-state index contributed by atoms with van der Waals surface area (Å²) in [6.07, 6.45) is 70.5. The van der Waals surface area contributed by atoms with E-state index in [9.17, 15) is 45.6 Å². The standard InChI is InChI=1S/C81H151NO13/c1-3-5-7-9-11-13-15-17-19-21-23-25-27-29-31-32-33-34-35-36-37-38-39-41-43-45-47-49-51-53-55-57-59-61-63-65-73(86)82-69(68-92-80-78(91)76(89)79(72(67-84)94-80)95-81-77(90)75(88)74(87)71(66-83)93-81)70(85)64-62-60-58-56-54-52-50-48-46-44-42-40-30-28-26-24-22-20-18-16-14-12-10-8-6-4-2/h15,17,21,23,27,29,62,64,69-72,74-81,83-85,87-91H,3-14,16,18-20,22,24-26,28,30-61,63,65-68H2,1-2H3,(H,82,86)/b17-15-,23-21-,29-27-,64-62+. The molecule has 9 N–H and O–H groups in total. The quantitative estimate of drug-likeness (QED) is 0.0204. The summed E-state index contributed by atoms with van der Waals surface area (Å²) in [4.78, 5) is 13.4. The van der Waals surface area contributed by atoms with Crippen LogP contribution in [0.4, 0.5) is 0 Å². The Morgan fingerprint density at radius 3 is 1.06 bits per heavy atom. The molecule has 14 heteroatoms. The largest absolute Gasteiger partial charge is 0.394 e. The maximum atomic E-state index is 13.4. The normalized spacial score (nSPS) is 22.5. The monoisotopic (exact) mass is 1350 g/mol. The highest BCUT2D eigenvalue weighted by Crippen LogP contribution is 2.30. The number of aliphatic hydroxyl groups excluding tert-OH is 8. The average molecular weight is 1350 g/mol. The van der Waals surface area contributed by atoms with Gasteiger partial charge in [-0.1, -0.05) is 351 Å². The van der Waals surface area contributed by atoms with Gasteiger partial charge >= 0.3 is 0 Å². The SMILES string of the molecule is CCCCCCC/C=C\C/C=C\C/C=C\CCCCCCCCCCCCCCCCCCCCCCC(=O)NC(COC1OC(CO)C(OC2OC(CO)C(O)C(O)C2O)C(O)C1O)C(O)/C=C/CCCCCCCCCCCCCCCCCCCCCCCCCC. The van der Waals surface area contributed by atoms with Crippen LogP contribution in [0.2, 0.25) is 0 Å². The van der Waals surface area contributed by atoms with Crippen molar-refractivity contribution >= 4 is 5.91 Å². The fraction of sp³-hybridized carbons (Fsp3) is 0.889. The van der Waals surface area contributed by atoms with Gasteiger partial charge in [-0.2, -0.15) is 0 Å². The van der Waals surface area contributed by atoms with Crippen LogP contribution in [0.3, 0.4) is 0 Å². The van der Waals surface area contributed by atoms with Crippen LogP contribution in [-0.4, -0.2) is 140 Å². The number of carbonyl (C=O) groups excluding carboxylic acids is 1. The smallest absolute Gasteiger partial charge is 0.220 e. The molecule has 0 bridgehead atoms. The molecule has 12 atom stereocenters. The minimum absolute atomic E-state index is 0.232. The Kier molecular flexibility index (Phi) is 61.2. The van der Waals surface area contributed by atoms with Crippen molar-refractivity contribution in [3.63, 3.8) is 0 Å². The Labute approximate surface area is 582 Å². The number of hydrogen-bond acceptors (Lipinski definition) is 13. The third-order valence-electron chi connectivity index (χ3n) is 19.8. The first-order valence-corrected chi connectivity index (χ1v) is 40.4. The van der Waals surface area contributed by atoms with Gasteiger partial charge in [0.05, 0.1) is 32.0 Å². The fourth-order valence-electron chi connectivity index (χ4n) is 13.4. The van der Waals surface area contributed by atoms with E-state index in [1.807, 2.05) is 6.08 Å². The summed E-state index contributed by atoms with van der Waals surface area (Å²) >= 11 is 0. The maximum Gasteiger partial charge on any atom is 0.220 e. The topological polar surface area (TPSA) is 228 Å². The second-order valence-electron chi connectivity index (χ2n) is 28.5. The van der Waals surface area contributed by atoms with Crippen LogP contribution in [0.25, 0.3) is 0 Å². The first-order valence-electron chi connectivity index (χ1n) is 40.4. The lowest BCUT2D eigenvalue weighted by Gasteiger charge is -2.46. The molecule has 0 aromatic carbocycles. The highest BCUT2D eigenvalue weighted by Gasteiger charge is 2.51. The van der Waals surface area contributed by atoms with Gasteiger partial charge in [0.2, 0.25) is 5.91 Å². The van der Waals surface area contributed by atoms with Gasteiger partial charge in [0.15, 0.2) is 12.6 Å². The summed E-state index contributed by atoms with van der Waals surface area (Å²) in [7, 11) is 0. The molecule has 2 saturated heterocycles. The summed E-state index contributed by atoms with van der Waals surface area (Å²) in [5, 5.41) is 87.7. The second-order valence-corrected chi connectivity index (χ2v) is 28.5. The van der Waals surface area contributed by atoms with E-state index in [2.05, 4.69) is 55.6 Å². The summed E-state index contributed by atoms with van der Waals surface area (Å²) in [6.45, 7) is 2.85. The number of aliphatic hydroxyl groups is 8. The number of hydrogen-bond donors (Lipinski definition) is 9. The predicted molar refractivity (Wildman–Crippen MR) is 392 cm³/mol. The Morgan fingerprint density at radius 2 is 0.695 bits per heavy atom. The van der Waals surface area contributed by atoms with Crippen molar-refractivity contribution < 1.29 is 64.6 Å². The third-order valence-corrected chi connectivity index (χ3v) is 19.8. The van der Waals surface area contributed by atoms with Gasteiger partial charge in [0.1, 0.15) is 48.8 Å². The number of ether oxygens (including phenoxy) is 4. The Bertz CT molecular complexity index is 1780. The molecule has 0 radical (unpaired) electrons. The van der Waals surface area contributed by atoms with Crippen molar-refractivity contribution in [2.75, 3.05) is 19.8 Å². The fourth-order valence-corrected chi connectivity index (χ4v) is 13.4. The molecular formula is C81H151NO13. The van der Waals surface area contributed by atoms with Crippen LogP contribution in [0, 0.1) is 0 Å². The van der Waals surface area contributed by atoms with Gasteiger partial charge in [-0.3, -0.25) is 4.79 Å². The van der Waals surface area contributed by atoms with Gasteiger partial charge in [0, 0.05) is 6.42 Å². The molecule has 2 aliphatic heterocycles. The van der Waals surface area contributed by atoms with Gasteiger partial charge < -0.3 is 65.1 Å². The van der Waals surface area contributed by atoms with E-state index in [4.69, 9.17) is 18.9 Å². The van der Waals surface area contributed by atoms with Crippen LogP contribution < -0.4 is 5.32 Å². The van der Waals surface area contributed by atoms with Crippen LogP contribution in [-0.2, 0) is 23.7 Å². The molecule has 0 spiro atoms. The molecule has 2 heterocycles. The van der Waals surface area contributed by atoms with Crippen molar-refractivity contribution in [3.05, 3.63) is 48.6 Å². The molecule has 558 valence electrons. The Balaban J connectivity index is 1.61. The van der Waals surface area contributed by atoms with Crippen LogP contribution in [0.1, 0.15) is 367 Å². The summed E-state index contributed by atoms with van der Waals surface area (Å²) in [5.74, 6) is -0.232. The van der Waals surface area contributed by atoms with Crippen LogP contribution in [0.5, 0.6) is 0 Å². The van der Waals surface area contributed by atoms with E-state index in [0.29, 0.717) is 6.42 Å². The van der Waals surface area contributed by atoms with Gasteiger partial charge in [-0.25, -0.2) is 0 Å². The molecule has 2 aliphatic rings. The lowest BCUT2D eigenvalue weighted by Crippen LogP contribution is -2.65. The maximum absolute atomic E-state index is 13.4. The van der Waals surface area contributed by atoms with Crippen LogP contribution >= 0.6 is 0 Å². The lowest BCUT2D eigenvalue weighted by molar-refractivity contribution is -0.359. The van der Waals surface area contributed by atoms with Crippen molar-refractivity contribution in [1.82, 2.24) is 5.32 Å². The molecule has 2 rings (SSSR count). The van der Waals surface area contributed by atoms with Gasteiger partial charge in [-0.15, -0.1) is 0 Å². The van der Waals surface area contributed by atoms with Crippen molar-refractivity contribution in [3.8, 4) is 0 Å². The van der Waals surface area contributed by atoms with E-state index in [1.54, 1.807) is 6.08 Å². The van der Waals surface area contributed by atoms with E-state index in [1.165, 1.54) is 289 Å². The summed E-state index contributed by atoms with van der Waals surface area (Å²) < 4.78 is 22.9. The van der Waals surface area contributed by atoms with Crippen molar-refractivity contribution in [1.29, 1.82) is 0 Å². The number of allylic oxidation sites excluding steroid dienone is 7. The van der Waals surface area contributed by atoms with Crippen molar-refractivity contribution in [2.24, 2.45) is 0 Å². The number of rotatable bonds is 68.